The smallest absolute Gasteiger partial charge is 0.248 e. The Morgan fingerprint density at radius 1 is 1.09 bits per heavy atom. The van der Waals surface area contributed by atoms with E-state index in [1.165, 1.54) is 6.07 Å². The summed E-state index contributed by atoms with van der Waals surface area (Å²) in [7, 11) is 0. The van der Waals surface area contributed by atoms with Crippen LogP contribution in [0.25, 0.3) is 5.70 Å². The molecule has 0 bridgehead atoms. The molecule has 0 unspecified atom stereocenters. The van der Waals surface area contributed by atoms with Crippen LogP contribution in [-0.2, 0) is 0 Å². The minimum Gasteiger partial charge on any atom is -0.323 e. The second-order valence-electron chi connectivity index (χ2n) is 5.13. The Labute approximate surface area is 140 Å². The van der Waals surface area contributed by atoms with Crippen molar-refractivity contribution in [1.29, 1.82) is 0 Å². The molecule has 1 aliphatic rings. The minimum atomic E-state index is -0.402. The molecule has 2 heterocycles. The molecule has 23 heavy (non-hydrogen) atoms. The highest BCUT2D eigenvalue weighted by atomic mass is 79.9. The van der Waals surface area contributed by atoms with Gasteiger partial charge in [0.2, 0.25) is 5.95 Å². The molecular weight excluding hydrogens is 361 g/mol. The Morgan fingerprint density at radius 3 is 2.65 bits per heavy atom. The predicted molar refractivity (Wildman–Crippen MR) is 88.1 cm³/mol. The van der Waals surface area contributed by atoms with Crippen LogP contribution in [0.15, 0.2) is 59.1 Å². The quantitative estimate of drug-likeness (QED) is 0.747. The molecule has 1 N–H and O–H groups in total. The fourth-order valence-electron chi connectivity index (χ4n) is 2.59. The number of hydrogen-bond donors (Lipinski definition) is 1. The van der Waals surface area contributed by atoms with Crippen molar-refractivity contribution < 1.29 is 4.39 Å². The summed E-state index contributed by atoms with van der Waals surface area (Å²) >= 11 is 3.42. The molecule has 2 aromatic carbocycles. The lowest BCUT2D eigenvalue weighted by atomic mass is 10.0. The van der Waals surface area contributed by atoms with Crippen LogP contribution < -0.4 is 5.32 Å². The third-order valence-electron chi connectivity index (χ3n) is 3.71. The molecule has 0 fully saturated rings. The van der Waals surface area contributed by atoms with Gasteiger partial charge in [-0.25, -0.2) is 4.39 Å². The number of halogens is 2. The number of anilines is 1. The van der Waals surface area contributed by atoms with Gasteiger partial charge in [-0.05, 0) is 40.3 Å². The largest absolute Gasteiger partial charge is 0.323 e. The zero-order valence-corrected chi connectivity index (χ0v) is 13.4. The fourth-order valence-corrected chi connectivity index (χ4v) is 2.85. The van der Waals surface area contributed by atoms with E-state index in [-0.39, 0.29) is 5.82 Å². The average molecular weight is 372 g/mol. The van der Waals surface area contributed by atoms with E-state index in [0.717, 1.165) is 15.7 Å². The molecule has 0 saturated heterocycles. The number of benzene rings is 2. The summed E-state index contributed by atoms with van der Waals surface area (Å²) in [6.07, 6.45) is 1.92. The zero-order chi connectivity index (χ0) is 15.8. The maximum absolute atomic E-state index is 14.2. The van der Waals surface area contributed by atoms with Crippen LogP contribution in [-0.4, -0.2) is 20.2 Å². The first-order valence-electron chi connectivity index (χ1n) is 6.99. The second-order valence-corrected chi connectivity index (χ2v) is 6.04. The van der Waals surface area contributed by atoms with Gasteiger partial charge < -0.3 is 5.32 Å². The standard InChI is InChI=1S/C16H11BrFN5/c17-11-7-5-10(6-8-11)14-9-15(12-3-1-2-4-13(12)18)23-16(19-14)20-21-22-23/h1-9,15H,(H,19,20,22)/t15-/m1/s1. The van der Waals surface area contributed by atoms with Gasteiger partial charge in [0.25, 0.3) is 0 Å². The lowest BCUT2D eigenvalue weighted by Crippen LogP contribution is -2.21. The van der Waals surface area contributed by atoms with Gasteiger partial charge >= 0.3 is 0 Å². The number of nitrogens with zero attached hydrogens (tertiary/aromatic N) is 4. The normalized spacial score (nSPS) is 16.4. The molecule has 0 amide bonds. The molecule has 114 valence electrons. The molecule has 0 spiro atoms. The van der Waals surface area contributed by atoms with Crippen LogP contribution in [0.4, 0.5) is 10.3 Å². The van der Waals surface area contributed by atoms with Crippen molar-refractivity contribution in [1.82, 2.24) is 20.2 Å². The van der Waals surface area contributed by atoms with Gasteiger partial charge in [-0.15, -0.1) is 0 Å². The van der Waals surface area contributed by atoms with Crippen LogP contribution in [0, 0.1) is 5.82 Å². The highest BCUT2D eigenvalue weighted by Crippen LogP contribution is 2.32. The monoisotopic (exact) mass is 371 g/mol. The highest BCUT2D eigenvalue weighted by molar-refractivity contribution is 9.10. The van der Waals surface area contributed by atoms with E-state index in [1.54, 1.807) is 22.9 Å². The summed E-state index contributed by atoms with van der Waals surface area (Å²) in [5.74, 6) is 0.200. The number of rotatable bonds is 2. The highest BCUT2D eigenvalue weighted by Gasteiger charge is 2.26. The maximum atomic E-state index is 14.2. The average Bonchev–Trinajstić information content (AvgIpc) is 3.04. The van der Waals surface area contributed by atoms with Crippen molar-refractivity contribution in [3.8, 4) is 0 Å². The SMILES string of the molecule is Fc1ccccc1[C@H]1C=C(c2ccc(Br)cc2)Nc2nnnn21. The molecule has 0 radical (unpaired) electrons. The molecule has 4 rings (SSSR count). The topological polar surface area (TPSA) is 55.6 Å². The van der Waals surface area contributed by atoms with Crippen LogP contribution >= 0.6 is 15.9 Å². The number of nitrogens with one attached hydrogen (secondary N) is 1. The minimum absolute atomic E-state index is 0.285. The Hall–Kier alpha value is -2.54. The summed E-state index contributed by atoms with van der Waals surface area (Å²) in [5.41, 5.74) is 2.34. The number of tetrazole rings is 1. The van der Waals surface area contributed by atoms with Crippen molar-refractivity contribution in [3.05, 3.63) is 76.0 Å². The Bertz CT molecular complexity index is 887. The first-order chi connectivity index (χ1) is 11.2. The summed E-state index contributed by atoms with van der Waals surface area (Å²) in [4.78, 5) is 0. The fraction of sp³-hybridized carbons (Fsp3) is 0.0625. The van der Waals surface area contributed by atoms with E-state index in [4.69, 9.17) is 0 Å². The van der Waals surface area contributed by atoms with E-state index in [9.17, 15) is 4.39 Å². The first kappa shape index (κ1) is 14.1. The van der Waals surface area contributed by atoms with Gasteiger partial charge in [-0.1, -0.05) is 51.4 Å². The van der Waals surface area contributed by atoms with Gasteiger partial charge in [-0.2, -0.15) is 4.68 Å². The third-order valence-corrected chi connectivity index (χ3v) is 4.24. The number of fused-ring (bicyclic) bond motifs is 1. The third kappa shape index (κ3) is 2.53. The van der Waals surface area contributed by atoms with Crippen LogP contribution in [0.2, 0.25) is 0 Å². The van der Waals surface area contributed by atoms with Gasteiger partial charge in [0, 0.05) is 15.7 Å². The van der Waals surface area contributed by atoms with E-state index in [1.807, 2.05) is 30.3 Å². The van der Waals surface area contributed by atoms with Crippen molar-refractivity contribution in [3.63, 3.8) is 0 Å². The second kappa shape index (κ2) is 5.58. The molecule has 0 saturated carbocycles. The Balaban J connectivity index is 1.83. The number of hydrogen-bond acceptors (Lipinski definition) is 4. The van der Waals surface area contributed by atoms with Crippen LogP contribution in [0.5, 0.6) is 0 Å². The van der Waals surface area contributed by atoms with Gasteiger partial charge in [0.15, 0.2) is 0 Å². The number of aromatic nitrogens is 4. The molecule has 0 aliphatic carbocycles. The van der Waals surface area contributed by atoms with Crippen LogP contribution in [0.3, 0.4) is 0 Å². The van der Waals surface area contributed by atoms with Crippen molar-refractivity contribution in [2.75, 3.05) is 5.32 Å². The summed E-state index contributed by atoms with van der Waals surface area (Å²) in [6, 6.07) is 14.1. The molecule has 3 aromatic rings. The maximum Gasteiger partial charge on any atom is 0.248 e. The van der Waals surface area contributed by atoms with Crippen molar-refractivity contribution >= 4 is 27.6 Å². The summed E-state index contributed by atoms with van der Waals surface area (Å²) in [6.45, 7) is 0. The molecule has 7 heteroatoms. The lowest BCUT2D eigenvalue weighted by Gasteiger charge is -2.23. The number of allylic oxidation sites excluding steroid dienone is 1. The summed E-state index contributed by atoms with van der Waals surface area (Å²) in [5, 5.41) is 14.8. The zero-order valence-electron chi connectivity index (χ0n) is 11.8. The lowest BCUT2D eigenvalue weighted by molar-refractivity contribution is 0.540. The van der Waals surface area contributed by atoms with Gasteiger partial charge in [0.05, 0.1) is 0 Å². The van der Waals surface area contributed by atoms with E-state index >= 15 is 0 Å². The molecule has 5 nitrogen and oxygen atoms in total. The molecule has 1 atom stereocenters. The van der Waals surface area contributed by atoms with Gasteiger partial charge in [-0.3, -0.25) is 0 Å². The first-order valence-corrected chi connectivity index (χ1v) is 7.79. The van der Waals surface area contributed by atoms with Crippen LogP contribution in [0.1, 0.15) is 17.2 Å². The molecule has 1 aromatic heterocycles. The predicted octanol–water partition coefficient (Wildman–Crippen LogP) is 3.63. The van der Waals surface area contributed by atoms with E-state index in [0.29, 0.717) is 11.5 Å². The van der Waals surface area contributed by atoms with Crippen molar-refractivity contribution in [2.45, 2.75) is 6.04 Å². The van der Waals surface area contributed by atoms with E-state index < -0.39 is 6.04 Å². The molecule has 1 aliphatic heterocycles. The summed E-state index contributed by atoms with van der Waals surface area (Å²) < 4.78 is 16.8. The van der Waals surface area contributed by atoms with Gasteiger partial charge in [0.1, 0.15) is 11.9 Å². The molecular formula is C16H11BrFN5. The van der Waals surface area contributed by atoms with Crippen molar-refractivity contribution in [2.24, 2.45) is 0 Å². The Kier molecular flexibility index (Phi) is 3.42. The Morgan fingerprint density at radius 2 is 1.87 bits per heavy atom. The van der Waals surface area contributed by atoms with E-state index in [2.05, 4.69) is 36.8 Å².